The van der Waals surface area contributed by atoms with Gasteiger partial charge in [0, 0.05) is 18.7 Å². The first-order valence-electron chi connectivity index (χ1n) is 8.36. The number of rotatable bonds is 5. The number of hydrogen-bond donors (Lipinski definition) is 1. The van der Waals surface area contributed by atoms with Crippen LogP contribution in [0.2, 0.25) is 0 Å². The molecule has 4 nitrogen and oxygen atoms in total. The fourth-order valence-electron chi connectivity index (χ4n) is 3.01. The lowest BCUT2D eigenvalue weighted by atomic mass is 9.90. The molecule has 1 heterocycles. The predicted octanol–water partition coefficient (Wildman–Crippen LogP) is 3.50. The summed E-state index contributed by atoms with van der Waals surface area (Å²) in [6.45, 7) is 4.73. The molecule has 1 fully saturated rings. The zero-order valence-corrected chi connectivity index (χ0v) is 15.3. The Kier molecular flexibility index (Phi) is 6.45. The molecule has 0 aromatic heterocycles. The average Bonchev–Trinajstić information content (AvgIpc) is 3.03. The highest BCUT2D eigenvalue weighted by molar-refractivity contribution is 5.94. The molecule has 0 bridgehead atoms. The first-order chi connectivity index (χ1) is 11.6. The highest BCUT2D eigenvalue weighted by Crippen LogP contribution is 2.29. The fourth-order valence-corrected chi connectivity index (χ4v) is 3.01. The van der Waals surface area contributed by atoms with E-state index in [-0.39, 0.29) is 23.7 Å². The summed E-state index contributed by atoms with van der Waals surface area (Å²) < 4.78 is 5.82. The Bertz CT molecular complexity index is 708. The summed E-state index contributed by atoms with van der Waals surface area (Å²) in [4.78, 5) is 14.6. The second-order valence-electron chi connectivity index (χ2n) is 6.79. The molecule has 25 heavy (non-hydrogen) atoms. The first kappa shape index (κ1) is 19.3. The van der Waals surface area contributed by atoms with E-state index in [0.29, 0.717) is 24.5 Å². The molecule has 1 aliphatic rings. The van der Waals surface area contributed by atoms with E-state index >= 15 is 0 Å². The largest absolute Gasteiger partial charge is 0.489 e. The highest BCUT2D eigenvalue weighted by Gasteiger charge is 2.35. The maximum atomic E-state index is 12.7. The summed E-state index contributed by atoms with van der Waals surface area (Å²) in [7, 11) is 0. The van der Waals surface area contributed by atoms with Crippen LogP contribution in [-0.4, -0.2) is 30.4 Å². The van der Waals surface area contributed by atoms with E-state index in [0.717, 1.165) is 25.1 Å². The Labute approximate surface area is 155 Å². The lowest BCUT2D eigenvalue weighted by Gasteiger charge is -2.22. The molecule has 5 heteroatoms. The molecule has 2 N–H and O–H groups in total. The molecule has 134 valence electrons. The summed E-state index contributed by atoms with van der Waals surface area (Å²) in [6, 6.07) is 17.4. The van der Waals surface area contributed by atoms with Crippen LogP contribution in [0.25, 0.3) is 0 Å². The van der Waals surface area contributed by atoms with Crippen molar-refractivity contribution in [3.8, 4) is 5.75 Å². The summed E-state index contributed by atoms with van der Waals surface area (Å²) in [5.74, 6) is 0.767. The molecule has 0 saturated carbocycles. The Morgan fingerprint density at radius 3 is 2.64 bits per heavy atom. The lowest BCUT2D eigenvalue weighted by molar-refractivity contribution is 0.0776. The van der Waals surface area contributed by atoms with Crippen LogP contribution < -0.4 is 10.5 Å². The van der Waals surface area contributed by atoms with Crippen LogP contribution in [0, 0.1) is 5.41 Å². The van der Waals surface area contributed by atoms with Gasteiger partial charge >= 0.3 is 0 Å². The van der Waals surface area contributed by atoms with Crippen LogP contribution in [0.4, 0.5) is 0 Å². The fraction of sp³-hybridized carbons (Fsp3) is 0.350. The monoisotopic (exact) mass is 360 g/mol. The number of carbonyl (C=O) groups excluding carboxylic acids is 1. The standard InChI is InChI=1S/C20H24N2O2.ClH/c1-20(14-21)10-11-22(15-20)19(23)17-8-5-9-18(12-17)24-13-16-6-3-2-4-7-16;/h2-9,12H,10-11,13-15,21H2,1H3;1H. The van der Waals surface area contributed by atoms with Crippen molar-refractivity contribution in [3.05, 3.63) is 65.7 Å². The number of carbonyl (C=O) groups is 1. The average molecular weight is 361 g/mol. The number of hydrogen-bond acceptors (Lipinski definition) is 3. The number of halogens is 1. The Balaban J connectivity index is 0.00000225. The van der Waals surface area contributed by atoms with Gasteiger partial charge < -0.3 is 15.4 Å². The van der Waals surface area contributed by atoms with Gasteiger partial charge in [0.25, 0.3) is 5.91 Å². The van der Waals surface area contributed by atoms with Crippen molar-refractivity contribution in [1.29, 1.82) is 0 Å². The van der Waals surface area contributed by atoms with Gasteiger partial charge in [-0.15, -0.1) is 12.4 Å². The van der Waals surface area contributed by atoms with E-state index in [1.54, 1.807) is 0 Å². The number of amides is 1. The molecule has 3 rings (SSSR count). The van der Waals surface area contributed by atoms with E-state index in [9.17, 15) is 4.79 Å². The number of ether oxygens (including phenoxy) is 1. The summed E-state index contributed by atoms with van der Waals surface area (Å²) in [5.41, 5.74) is 7.64. The van der Waals surface area contributed by atoms with Gasteiger partial charge in [-0.2, -0.15) is 0 Å². The van der Waals surface area contributed by atoms with Crippen molar-refractivity contribution in [1.82, 2.24) is 4.90 Å². The van der Waals surface area contributed by atoms with E-state index in [4.69, 9.17) is 10.5 Å². The van der Waals surface area contributed by atoms with Crippen molar-refractivity contribution in [2.45, 2.75) is 20.0 Å². The zero-order chi connectivity index (χ0) is 17.0. The molecular formula is C20H25ClN2O2. The van der Waals surface area contributed by atoms with E-state index < -0.39 is 0 Å². The topological polar surface area (TPSA) is 55.6 Å². The number of nitrogens with zero attached hydrogens (tertiary/aromatic N) is 1. The molecule has 1 amide bonds. The van der Waals surface area contributed by atoms with Crippen LogP contribution in [0.5, 0.6) is 5.75 Å². The van der Waals surface area contributed by atoms with Crippen molar-refractivity contribution < 1.29 is 9.53 Å². The van der Waals surface area contributed by atoms with E-state index in [2.05, 4.69) is 6.92 Å². The van der Waals surface area contributed by atoms with Gasteiger partial charge in [0.05, 0.1) is 0 Å². The molecule has 0 aliphatic carbocycles. The molecular weight excluding hydrogens is 336 g/mol. The third-order valence-corrected chi connectivity index (χ3v) is 4.67. The number of likely N-dealkylation sites (tertiary alicyclic amines) is 1. The maximum absolute atomic E-state index is 12.7. The van der Waals surface area contributed by atoms with Crippen LogP contribution in [0.1, 0.15) is 29.3 Å². The van der Waals surface area contributed by atoms with Gasteiger partial charge in [0.15, 0.2) is 0 Å². The van der Waals surface area contributed by atoms with Gasteiger partial charge in [0.2, 0.25) is 0 Å². The Morgan fingerprint density at radius 2 is 1.96 bits per heavy atom. The molecule has 2 aromatic carbocycles. The minimum atomic E-state index is 0. The van der Waals surface area contributed by atoms with Gasteiger partial charge in [-0.1, -0.05) is 43.3 Å². The molecule has 1 unspecified atom stereocenters. The molecule has 0 radical (unpaired) electrons. The lowest BCUT2D eigenvalue weighted by Crippen LogP contribution is -2.34. The smallest absolute Gasteiger partial charge is 0.254 e. The van der Waals surface area contributed by atoms with Gasteiger partial charge in [-0.3, -0.25) is 4.79 Å². The third kappa shape index (κ3) is 4.74. The minimum absolute atomic E-state index is 0. The van der Waals surface area contributed by atoms with Gasteiger partial charge in [0.1, 0.15) is 12.4 Å². The molecule has 2 aromatic rings. The normalized spacial score (nSPS) is 19.4. The Hall–Kier alpha value is -2.04. The molecule has 1 atom stereocenters. The maximum Gasteiger partial charge on any atom is 0.254 e. The highest BCUT2D eigenvalue weighted by atomic mass is 35.5. The van der Waals surface area contributed by atoms with Gasteiger partial charge in [-0.05, 0) is 42.1 Å². The second kappa shape index (κ2) is 8.37. The van der Waals surface area contributed by atoms with Crippen LogP contribution >= 0.6 is 12.4 Å². The van der Waals surface area contributed by atoms with E-state index in [1.165, 1.54) is 0 Å². The van der Waals surface area contributed by atoms with Gasteiger partial charge in [-0.25, -0.2) is 0 Å². The van der Waals surface area contributed by atoms with Crippen LogP contribution in [0.15, 0.2) is 54.6 Å². The Morgan fingerprint density at radius 1 is 1.20 bits per heavy atom. The minimum Gasteiger partial charge on any atom is -0.489 e. The number of nitrogens with two attached hydrogens (primary N) is 1. The summed E-state index contributed by atoms with van der Waals surface area (Å²) in [6.07, 6.45) is 0.958. The van der Waals surface area contributed by atoms with Crippen molar-refractivity contribution in [2.24, 2.45) is 11.1 Å². The summed E-state index contributed by atoms with van der Waals surface area (Å²) >= 11 is 0. The van der Waals surface area contributed by atoms with Crippen LogP contribution in [-0.2, 0) is 6.61 Å². The first-order valence-corrected chi connectivity index (χ1v) is 8.36. The third-order valence-electron chi connectivity index (χ3n) is 4.67. The van der Waals surface area contributed by atoms with Crippen LogP contribution in [0.3, 0.4) is 0 Å². The van der Waals surface area contributed by atoms with E-state index in [1.807, 2.05) is 59.5 Å². The molecule has 1 aliphatic heterocycles. The quantitative estimate of drug-likeness (QED) is 0.887. The van der Waals surface area contributed by atoms with Crippen molar-refractivity contribution in [2.75, 3.05) is 19.6 Å². The molecule has 1 saturated heterocycles. The summed E-state index contributed by atoms with van der Waals surface area (Å²) in [5, 5.41) is 0. The SMILES string of the molecule is CC1(CN)CCN(C(=O)c2cccc(OCc3ccccc3)c2)C1.Cl. The molecule has 0 spiro atoms. The second-order valence-corrected chi connectivity index (χ2v) is 6.79. The van der Waals surface area contributed by atoms with Crippen molar-refractivity contribution >= 4 is 18.3 Å². The zero-order valence-electron chi connectivity index (χ0n) is 14.5. The predicted molar refractivity (Wildman–Crippen MR) is 102 cm³/mol. The van der Waals surface area contributed by atoms with Crippen molar-refractivity contribution in [3.63, 3.8) is 0 Å². The number of benzene rings is 2.